The summed E-state index contributed by atoms with van der Waals surface area (Å²) >= 11 is 0. The van der Waals surface area contributed by atoms with Crippen LogP contribution in [0.3, 0.4) is 0 Å². The van der Waals surface area contributed by atoms with E-state index in [1.807, 2.05) is 13.8 Å². The second kappa shape index (κ2) is 8.87. The second-order valence-corrected chi connectivity index (χ2v) is 10.2. The number of methoxy groups -OCH3 is 1. The van der Waals surface area contributed by atoms with E-state index in [0.29, 0.717) is 32.5 Å². The van der Waals surface area contributed by atoms with Crippen molar-refractivity contribution >= 4 is 22.0 Å². The molecule has 3 fully saturated rings. The molecule has 2 aliphatic carbocycles. The van der Waals surface area contributed by atoms with Crippen LogP contribution in [-0.2, 0) is 24.4 Å². The summed E-state index contributed by atoms with van der Waals surface area (Å²) in [6.45, 7) is 7.26. The minimum atomic E-state index is -4.08. The first-order valence-electron chi connectivity index (χ1n) is 10.1. The molecule has 4 atom stereocenters. The van der Waals surface area contributed by atoms with Crippen LogP contribution in [0.15, 0.2) is 0 Å². The Morgan fingerprint density at radius 3 is 2.45 bits per heavy atom. The van der Waals surface area contributed by atoms with Gasteiger partial charge in [-0.3, -0.25) is 9.35 Å². The number of nitrogens with two attached hydrogens (primary N) is 1. The zero-order valence-electron chi connectivity index (χ0n) is 17.7. The number of Topliss-reactive ketones (excluding diaryl/α,β-unsaturated/α-hetero) is 1. The third-order valence-corrected chi connectivity index (χ3v) is 7.86. The van der Waals surface area contributed by atoms with Crippen LogP contribution >= 0.6 is 0 Å². The number of piperidine rings is 1. The molecule has 0 aromatic heterocycles. The number of amides is 1. The Morgan fingerprint density at radius 2 is 2.00 bits per heavy atom. The van der Waals surface area contributed by atoms with E-state index < -0.39 is 21.3 Å². The largest absolute Gasteiger partial charge is 0.450 e. The van der Waals surface area contributed by atoms with E-state index in [0.717, 1.165) is 12.8 Å². The van der Waals surface area contributed by atoms with Gasteiger partial charge in [-0.1, -0.05) is 13.8 Å². The van der Waals surface area contributed by atoms with E-state index in [4.69, 9.17) is 19.8 Å². The van der Waals surface area contributed by atoms with Gasteiger partial charge in [0, 0.05) is 26.1 Å². The average molecular weight is 435 g/mol. The van der Waals surface area contributed by atoms with Crippen molar-refractivity contribution in [2.24, 2.45) is 22.5 Å². The van der Waals surface area contributed by atoms with E-state index in [1.165, 1.54) is 0 Å². The molecular weight excluding hydrogens is 400 g/mol. The summed E-state index contributed by atoms with van der Waals surface area (Å²) in [6, 6.07) is 0.0191. The lowest BCUT2D eigenvalue weighted by atomic mass is 9.70. The summed E-state index contributed by atoms with van der Waals surface area (Å²) in [5, 5.41) is 0. The fraction of sp³-hybridized carbons (Fsp3) is 0.895. The molecule has 0 spiro atoms. The molecule has 9 nitrogen and oxygen atoms in total. The number of fused-ring (bicyclic) bond motifs is 2. The van der Waals surface area contributed by atoms with E-state index >= 15 is 0 Å². The van der Waals surface area contributed by atoms with Crippen LogP contribution in [0.4, 0.5) is 4.79 Å². The fourth-order valence-corrected chi connectivity index (χ4v) is 6.28. The van der Waals surface area contributed by atoms with Gasteiger partial charge in [0.2, 0.25) is 0 Å². The van der Waals surface area contributed by atoms with E-state index in [2.05, 4.69) is 0 Å². The maximum atomic E-state index is 11.9. The monoisotopic (exact) mass is 434 g/mol. The van der Waals surface area contributed by atoms with E-state index in [1.54, 1.807) is 18.9 Å². The average Bonchev–Trinajstić information content (AvgIpc) is 2.95. The van der Waals surface area contributed by atoms with Crippen molar-refractivity contribution in [2.45, 2.75) is 58.6 Å². The highest BCUT2D eigenvalue weighted by atomic mass is 32.2. The molecule has 168 valence electrons. The van der Waals surface area contributed by atoms with Crippen LogP contribution in [0, 0.1) is 16.7 Å². The Labute approximate surface area is 173 Å². The molecule has 2 saturated carbocycles. The van der Waals surface area contributed by atoms with Crippen molar-refractivity contribution in [3.8, 4) is 0 Å². The summed E-state index contributed by atoms with van der Waals surface area (Å²) in [5.74, 6) is -0.101. The molecule has 0 radical (unpaired) electrons. The molecule has 3 rings (SSSR count). The predicted molar refractivity (Wildman–Crippen MR) is 107 cm³/mol. The van der Waals surface area contributed by atoms with Gasteiger partial charge in [-0.15, -0.1) is 0 Å². The van der Waals surface area contributed by atoms with Gasteiger partial charge in [0.15, 0.2) is 0 Å². The molecule has 3 N–H and O–H groups in total. The van der Waals surface area contributed by atoms with Gasteiger partial charge < -0.3 is 20.1 Å². The van der Waals surface area contributed by atoms with Crippen LogP contribution in [0.2, 0.25) is 0 Å². The number of carbonyl (C=O) groups is 2. The van der Waals surface area contributed by atoms with Gasteiger partial charge in [0.25, 0.3) is 10.1 Å². The lowest BCUT2D eigenvalue weighted by Gasteiger charge is -2.35. The topological polar surface area (TPSA) is 136 Å². The van der Waals surface area contributed by atoms with Crippen LogP contribution in [0.1, 0.15) is 46.5 Å². The number of likely N-dealkylation sites (tertiary alicyclic amines) is 1. The molecule has 0 aromatic carbocycles. The summed E-state index contributed by atoms with van der Waals surface area (Å²) < 4.78 is 41.1. The summed E-state index contributed by atoms with van der Waals surface area (Å²) in [6.07, 6.45) is 2.38. The molecule has 29 heavy (non-hydrogen) atoms. The Morgan fingerprint density at radius 1 is 1.34 bits per heavy atom. The third-order valence-electron chi connectivity index (χ3n) is 7.01. The first-order chi connectivity index (χ1) is 13.4. The van der Waals surface area contributed by atoms with Crippen LogP contribution < -0.4 is 5.73 Å². The number of ether oxygens (including phenoxy) is 2. The van der Waals surface area contributed by atoms with Crippen molar-refractivity contribution in [2.75, 3.05) is 32.6 Å². The molecule has 3 aliphatic rings. The Kier molecular flexibility index (Phi) is 7.35. The number of hydrogen-bond donors (Lipinski definition) is 2. The molecule has 1 saturated heterocycles. The van der Waals surface area contributed by atoms with Crippen LogP contribution in [0.5, 0.6) is 0 Å². The Balaban J connectivity index is 0.000000208. The molecule has 2 bridgehead atoms. The number of nitrogens with zero attached hydrogens (tertiary/aromatic N) is 1. The molecule has 1 unspecified atom stereocenters. The molecule has 1 heterocycles. The van der Waals surface area contributed by atoms with Gasteiger partial charge in [-0.25, -0.2) is 4.79 Å². The molecule has 1 amide bonds. The first-order valence-corrected chi connectivity index (χ1v) is 11.7. The minimum absolute atomic E-state index is 0.0152. The van der Waals surface area contributed by atoms with Crippen molar-refractivity contribution in [3.63, 3.8) is 0 Å². The Bertz CT molecular complexity index is 724. The quantitative estimate of drug-likeness (QED) is 0.635. The SMILES string of the molecule is CC1(C)C2CC[C@]1(CS(=O)(=O)O)C(=O)C2.CCOC(=O)N1CC[C@@H](N)[C@@H](OC)C1. The lowest BCUT2D eigenvalue weighted by Crippen LogP contribution is -2.53. The highest BCUT2D eigenvalue weighted by Gasteiger charge is 2.65. The summed E-state index contributed by atoms with van der Waals surface area (Å²) in [7, 11) is -2.47. The molecule has 1 aliphatic heterocycles. The normalized spacial score (nSPS) is 33.2. The number of hydrogen-bond acceptors (Lipinski definition) is 7. The predicted octanol–water partition coefficient (Wildman–Crippen LogP) is 1.46. The van der Waals surface area contributed by atoms with Gasteiger partial charge in [0.05, 0.1) is 30.4 Å². The van der Waals surface area contributed by atoms with Crippen LogP contribution in [-0.4, -0.2) is 74.5 Å². The zero-order valence-corrected chi connectivity index (χ0v) is 18.5. The smallest absolute Gasteiger partial charge is 0.409 e. The number of rotatable bonds is 4. The molecular formula is C19H34N2O7S. The van der Waals surface area contributed by atoms with Crippen molar-refractivity contribution in [3.05, 3.63) is 0 Å². The zero-order chi connectivity index (χ0) is 22.0. The minimum Gasteiger partial charge on any atom is -0.450 e. The van der Waals surface area contributed by atoms with E-state index in [9.17, 15) is 18.0 Å². The summed E-state index contributed by atoms with van der Waals surface area (Å²) in [4.78, 5) is 24.9. The lowest BCUT2D eigenvalue weighted by molar-refractivity contribution is -0.128. The standard InChI is InChI=1S/C10H16O4S.C9H18N2O3/c1-9(2)7-3-4-10(9,8(11)5-7)6-15(12,13)14;1-3-14-9(12)11-5-4-7(10)8(6-11)13-2/h7H,3-6H2,1-2H3,(H,12,13,14);7-8H,3-6,10H2,1-2H3/t7?,10-;7-,8+/m01/s1. The molecule has 0 aromatic rings. The Hall–Kier alpha value is -1.23. The maximum Gasteiger partial charge on any atom is 0.409 e. The number of carbonyl (C=O) groups excluding carboxylic acids is 2. The second-order valence-electron chi connectivity index (χ2n) is 8.76. The van der Waals surface area contributed by atoms with Gasteiger partial charge in [0.1, 0.15) is 5.78 Å². The number of ketones is 1. The van der Waals surface area contributed by atoms with Gasteiger partial charge >= 0.3 is 6.09 Å². The van der Waals surface area contributed by atoms with E-state index in [-0.39, 0.29) is 35.4 Å². The maximum absolute atomic E-state index is 11.9. The van der Waals surface area contributed by atoms with Crippen molar-refractivity contribution in [1.29, 1.82) is 0 Å². The fourth-order valence-electron chi connectivity index (χ4n) is 4.98. The van der Waals surface area contributed by atoms with Crippen molar-refractivity contribution in [1.82, 2.24) is 4.90 Å². The third kappa shape index (κ3) is 4.92. The first kappa shape index (κ1) is 24.0. The highest BCUT2D eigenvalue weighted by molar-refractivity contribution is 7.85. The molecule has 10 heteroatoms. The highest BCUT2D eigenvalue weighted by Crippen LogP contribution is 2.64. The summed E-state index contributed by atoms with van der Waals surface area (Å²) in [5.41, 5.74) is 4.70. The van der Waals surface area contributed by atoms with Gasteiger partial charge in [-0.2, -0.15) is 8.42 Å². The van der Waals surface area contributed by atoms with Crippen LogP contribution in [0.25, 0.3) is 0 Å². The van der Waals surface area contributed by atoms with Gasteiger partial charge in [-0.05, 0) is 37.5 Å². The van der Waals surface area contributed by atoms with Crippen molar-refractivity contribution < 1.29 is 32.0 Å².